The zero-order valence-electron chi connectivity index (χ0n) is 8.66. The second-order valence-electron chi connectivity index (χ2n) is 4.17. The number of carbonyl (C=O) groups excluding carboxylic acids is 1. The van der Waals surface area contributed by atoms with E-state index < -0.39 is 6.03 Å². The van der Waals surface area contributed by atoms with E-state index in [-0.39, 0.29) is 5.41 Å². The number of rotatable bonds is 1. The van der Waals surface area contributed by atoms with Crippen LogP contribution in [-0.2, 0) is 5.41 Å². The molecule has 0 aromatic carbocycles. The van der Waals surface area contributed by atoms with Crippen LogP contribution >= 0.6 is 0 Å². The predicted octanol–water partition coefficient (Wildman–Crippen LogP) is 1.87. The molecule has 0 aliphatic carbocycles. The molecule has 14 heavy (non-hydrogen) atoms. The number of amides is 2. The Kier molecular flexibility index (Phi) is 2.74. The van der Waals surface area contributed by atoms with E-state index in [1.54, 1.807) is 12.3 Å². The predicted molar refractivity (Wildman–Crippen MR) is 56.1 cm³/mol. The number of anilines is 1. The van der Waals surface area contributed by atoms with E-state index in [2.05, 4.69) is 31.1 Å². The van der Waals surface area contributed by atoms with Crippen LogP contribution in [-0.4, -0.2) is 11.0 Å². The van der Waals surface area contributed by atoms with Gasteiger partial charge >= 0.3 is 6.03 Å². The van der Waals surface area contributed by atoms with Crippen molar-refractivity contribution in [1.29, 1.82) is 0 Å². The Morgan fingerprint density at radius 3 is 2.43 bits per heavy atom. The molecule has 76 valence electrons. The van der Waals surface area contributed by atoms with E-state index in [0.717, 1.165) is 5.69 Å². The third-order valence-electron chi connectivity index (χ3n) is 1.80. The quantitative estimate of drug-likeness (QED) is 0.714. The Labute approximate surface area is 83.5 Å². The summed E-state index contributed by atoms with van der Waals surface area (Å²) < 4.78 is 0. The standard InChI is InChI=1S/C10H15N3O/c1-10(2,3)8-5-4-7(6-12-8)13-9(11)14/h4-6H,1-3H3,(H3,11,13,14). The van der Waals surface area contributed by atoms with Crippen molar-refractivity contribution in [2.45, 2.75) is 26.2 Å². The molecule has 0 unspecified atom stereocenters. The number of hydrogen-bond acceptors (Lipinski definition) is 2. The number of urea groups is 1. The lowest BCUT2D eigenvalue weighted by molar-refractivity contribution is 0.259. The van der Waals surface area contributed by atoms with Gasteiger partial charge in [0, 0.05) is 11.1 Å². The summed E-state index contributed by atoms with van der Waals surface area (Å²) in [5.74, 6) is 0. The SMILES string of the molecule is CC(C)(C)c1ccc(NC(N)=O)cn1. The van der Waals surface area contributed by atoms with E-state index in [4.69, 9.17) is 5.73 Å². The van der Waals surface area contributed by atoms with E-state index in [9.17, 15) is 4.79 Å². The molecule has 4 heteroatoms. The van der Waals surface area contributed by atoms with Gasteiger partial charge in [0.2, 0.25) is 0 Å². The number of aromatic nitrogens is 1. The first-order valence-electron chi connectivity index (χ1n) is 4.42. The average molecular weight is 193 g/mol. The lowest BCUT2D eigenvalue weighted by Crippen LogP contribution is -2.20. The molecule has 3 N–H and O–H groups in total. The molecular formula is C10H15N3O. The summed E-state index contributed by atoms with van der Waals surface area (Å²) in [6.07, 6.45) is 1.60. The van der Waals surface area contributed by atoms with Gasteiger partial charge in [0.1, 0.15) is 0 Å². The molecule has 0 aliphatic rings. The highest BCUT2D eigenvalue weighted by atomic mass is 16.2. The summed E-state index contributed by atoms with van der Waals surface area (Å²) >= 11 is 0. The van der Waals surface area contributed by atoms with Crippen molar-refractivity contribution >= 4 is 11.7 Å². The van der Waals surface area contributed by atoms with Crippen molar-refractivity contribution in [1.82, 2.24) is 4.98 Å². The van der Waals surface area contributed by atoms with Crippen LogP contribution in [0.5, 0.6) is 0 Å². The van der Waals surface area contributed by atoms with Gasteiger partial charge in [-0.05, 0) is 12.1 Å². The van der Waals surface area contributed by atoms with Gasteiger partial charge in [-0.25, -0.2) is 4.79 Å². The summed E-state index contributed by atoms with van der Waals surface area (Å²) in [6, 6.07) is 3.10. The molecule has 0 saturated heterocycles. The number of hydrogen-bond donors (Lipinski definition) is 2. The maximum absolute atomic E-state index is 10.5. The Morgan fingerprint density at radius 1 is 1.43 bits per heavy atom. The minimum atomic E-state index is -0.574. The maximum atomic E-state index is 10.5. The molecule has 0 radical (unpaired) electrons. The minimum Gasteiger partial charge on any atom is -0.351 e. The fourth-order valence-corrected chi connectivity index (χ4v) is 1.05. The molecule has 0 fully saturated rings. The average Bonchev–Trinajstić information content (AvgIpc) is 2.02. The molecule has 4 nitrogen and oxygen atoms in total. The smallest absolute Gasteiger partial charge is 0.316 e. The number of nitrogens with zero attached hydrogens (tertiary/aromatic N) is 1. The van der Waals surface area contributed by atoms with Crippen LogP contribution in [0.4, 0.5) is 10.5 Å². The fourth-order valence-electron chi connectivity index (χ4n) is 1.05. The first-order valence-corrected chi connectivity index (χ1v) is 4.42. The van der Waals surface area contributed by atoms with E-state index in [1.165, 1.54) is 0 Å². The van der Waals surface area contributed by atoms with Crippen LogP contribution in [0.15, 0.2) is 18.3 Å². The van der Waals surface area contributed by atoms with Crippen molar-refractivity contribution in [2.75, 3.05) is 5.32 Å². The first-order chi connectivity index (χ1) is 6.39. The van der Waals surface area contributed by atoms with Crippen molar-refractivity contribution in [2.24, 2.45) is 5.73 Å². The molecule has 0 aliphatic heterocycles. The number of nitrogens with one attached hydrogen (secondary N) is 1. The lowest BCUT2D eigenvalue weighted by atomic mass is 9.92. The van der Waals surface area contributed by atoms with Gasteiger partial charge in [-0.1, -0.05) is 20.8 Å². The highest BCUT2D eigenvalue weighted by Gasteiger charge is 2.14. The van der Waals surface area contributed by atoms with Crippen molar-refractivity contribution in [3.8, 4) is 0 Å². The van der Waals surface area contributed by atoms with Gasteiger partial charge < -0.3 is 11.1 Å². The summed E-state index contributed by atoms with van der Waals surface area (Å²) in [7, 11) is 0. The maximum Gasteiger partial charge on any atom is 0.316 e. The van der Waals surface area contributed by atoms with Crippen molar-refractivity contribution in [3.63, 3.8) is 0 Å². The minimum absolute atomic E-state index is 0.0191. The van der Waals surface area contributed by atoms with Crippen LogP contribution in [0.1, 0.15) is 26.5 Å². The summed E-state index contributed by atoms with van der Waals surface area (Å²) in [5.41, 5.74) is 6.58. The zero-order chi connectivity index (χ0) is 10.8. The van der Waals surface area contributed by atoms with Crippen LogP contribution in [0.3, 0.4) is 0 Å². The molecule has 0 saturated carbocycles. The molecule has 0 bridgehead atoms. The van der Waals surface area contributed by atoms with Gasteiger partial charge in [-0.3, -0.25) is 4.98 Å². The Balaban J connectivity index is 2.84. The summed E-state index contributed by atoms with van der Waals surface area (Å²) in [6.45, 7) is 6.24. The topological polar surface area (TPSA) is 68.0 Å². The number of nitrogens with two attached hydrogens (primary N) is 1. The van der Waals surface area contributed by atoms with Gasteiger partial charge in [0.25, 0.3) is 0 Å². The largest absolute Gasteiger partial charge is 0.351 e. The second-order valence-corrected chi connectivity index (χ2v) is 4.17. The molecule has 1 rings (SSSR count). The lowest BCUT2D eigenvalue weighted by Gasteiger charge is -2.17. The van der Waals surface area contributed by atoms with E-state index >= 15 is 0 Å². The highest BCUT2D eigenvalue weighted by Crippen LogP contribution is 2.20. The van der Waals surface area contributed by atoms with Gasteiger partial charge in [-0.2, -0.15) is 0 Å². The Morgan fingerprint density at radius 2 is 2.07 bits per heavy atom. The van der Waals surface area contributed by atoms with E-state index in [0.29, 0.717) is 5.69 Å². The highest BCUT2D eigenvalue weighted by molar-refractivity contribution is 5.87. The monoisotopic (exact) mass is 193 g/mol. The summed E-state index contributed by atoms with van der Waals surface area (Å²) in [4.78, 5) is 14.8. The van der Waals surface area contributed by atoms with Crippen LogP contribution in [0, 0.1) is 0 Å². The van der Waals surface area contributed by atoms with Gasteiger partial charge in [0.05, 0.1) is 11.9 Å². The first kappa shape index (κ1) is 10.5. The van der Waals surface area contributed by atoms with Gasteiger partial charge in [0.15, 0.2) is 0 Å². The zero-order valence-corrected chi connectivity index (χ0v) is 8.66. The van der Waals surface area contributed by atoms with Crippen LogP contribution in [0.2, 0.25) is 0 Å². The molecule has 1 heterocycles. The van der Waals surface area contributed by atoms with Crippen molar-refractivity contribution < 1.29 is 4.79 Å². The molecule has 0 atom stereocenters. The van der Waals surface area contributed by atoms with Crippen molar-refractivity contribution in [3.05, 3.63) is 24.0 Å². The number of carbonyl (C=O) groups is 1. The van der Waals surface area contributed by atoms with Crippen LogP contribution < -0.4 is 11.1 Å². The van der Waals surface area contributed by atoms with Crippen LogP contribution in [0.25, 0.3) is 0 Å². The molecule has 0 spiro atoms. The van der Waals surface area contributed by atoms with Gasteiger partial charge in [-0.15, -0.1) is 0 Å². The molecular weight excluding hydrogens is 178 g/mol. The Hall–Kier alpha value is -1.58. The molecule has 1 aromatic rings. The third-order valence-corrected chi connectivity index (χ3v) is 1.80. The Bertz CT molecular complexity index is 324. The molecule has 2 amide bonds. The molecule has 1 aromatic heterocycles. The fraction of sp³-hybridized carbons (Fsp3) is 0.400. The summed E-state index contributed by atoms with van der Waals surface area (Å²) in [5, 5.41) is 2.46. The second kappa shape index (κ2) is 3.65. The number of pyridine rings is 1. The normalized spacial score (nSPS) is 11.1. The number of primary amides is 1. The van der Waals surface area contributed by atoms with E-state index in [1.807, 2.05) is 6.07 Å². The third kappa shape index (κ3) is 2.73.